The van der Waals surface area contributed by atoms with Crippen LogP contribution < -0.4 is 0 Å². The molecule has 0 atom stereocenters. The van der Waals surface area contributed by atoms with Crippen molar-refractivity contribution in [3.8, 4) is 11.1 Å². The second-order valence-corrected chi connectivity index (χ2v) is 7.24. The maximum absolute atomic E-state index is 13.7. The first-order chi connectivity index (χ1) is 13.5. The quantitative estimate of drug-likeness (QED) is 0.703. The van der Waals surface area contributed by atoms with E-state index in [-0.39, 0.29) is 18.9 Å². The lowest BCUT2D eigenvalue weighted by Crippen LogP contribution is -2.45. The fourth-order valence-electron chi connectivity index (χ4n) is 3.89. The summed E-state index contributed by atoms with van der Waals surface area (Å²) in [6.45, 7) is -0.226. The van der Waals surface area contributed by atoms with Crippen LogP contribution in [0.25, 0.3) is 21.9 Å². The molecule has 4 rings (SSSR count). The number of aliphatic hydroxyl groups is 1. The van der Waals surface area contributed by atoms with Gasteiger partial charge >= 0.3 is 0 Å². The standard InChI is InChI=1S/C23H21F2NO2/c24-23(25)11-4-12-26(15-23)22(28)17-9-10-20-16(13-17)6-3-8-21(20)19-7-2-1-5-18(19)14-27/h1-3,5-10,13,27H,4,11-12,14-15H2. The van der Waals surface area contributed by atoms with Crippen molar-refractivity contribution in [3.63, 3.8) is 0 Å². The Balaban J connectivity index is 1.72. The Morgan fingerprint density at radius 2 is 1.82 bits per heavy atom. The first kappa shape index (κ1) is 18.6. The lowest BCUT2D eigenvalue weighted by Gasteiger charge is -2.32. The van der Waals surface area contributed by atoms with Crippen LogP contribution in [0.5, 0.6) is 0 Å². The summed E-state index contributed by atoms with van der Waals surface area (Å²) in [4.78, 5) is 14.0. The van der Waals surface area contributed by atoms with Crippen LogP contribution in [0.4, 0.5) is 8.78 Å². The largest absolute Gasteiger partial charge is 0.392 e. The van der Waals surface area contributed by atoms with E-state index in [1.54, 1.807) is 12.1 Å². The molecule has 1 aliphatic rings. The van der Waals surface area contributed by atoms with Crippen LogP contribution in [-0.4, -0.2) is 34.9 Å². The number of amides is 1. The van der Waals surface area contributed by atoms with Crippen LogP contribution in [0.1, 0.15) is 28.8 Å². The number of hydrogen-bond acceptors (Lipinski definition) is 2. The average Bonchev–Trinajstić information content (AvgIpc) is 2.71. The van der Waals surface area contributed by atoms with Gasteiger partial charge in [0.1, 0.15) is 0 Å². The molecule has 3 aromatic carbocycles. The summed E-state index contributed by atoms with van der Waals surface area (Å²) in [6, 6.07) is 18.7. The summed E-state index contributed by atoms with van der Waals surface area (Å²) < 4.78 is 27.4. The highest BCUT2D eigenvalue weighted by Crippen LogP contribution is 2.32. The minimum atomic E-state index is -2.81. The van der Waals surface area contributed by atoms with E-state index in [9.17, 15) is 18.7 Å². The number of carbonyl (C=O) groups excluding carboxylic acids is 1. The zero-order valence-electron chi connectivity index (χ0n) is 15.4. The Hall–Kier alpha value is -2.79. The molecule has 0 bridgehead atoms. The van der Waals surface area contributed by atoms with E-state index < -0.39 is 12.5 Å². The van der Waals surface area contributed by atoms with Crippen molar-refractivity contribution >= 4 is 16.7 Å². The number of aliphatic hydroxyl groups excluding tert-OH is 1. The molecule has 5 heteroatoms. The third kappa shape index (κ3) is 3.50. The molecule has 0 aliphatic carbocycles. The minimum absolute atomic E-state index is 0.0632. The molecule has 1 aliphatic heterocycles. The zero-order chi connectivity index (χ0) is 19.7. The molecule has 1 N–H and O–H groups in total. The number of halogens is 2. The van der Waals surface area contributed by atoms with Gasteiger partial charge in [0, 0.05) is 18.5 Å². The second-order valence-electron chi connectivity index (χ2n) is 7.24. The van der Waals surface area contributed by atoms with Gasteiger partial charge in [-0.25, -0.2) is 8.78 Å². The Kier molecular flexibility index (Phi) is 4.85. The number of nitrogens with zero attached hydrogens (tertiary/aromatic N) is 1. The van der Waals surface area contributed by atoms with Gasteiger partial charge in [-0.2, -0.15) is 0 Å². The molecule has 28 heavy (non-hydrogen) atoms. The van der Waals surface area contributed by atoms with Crippen LogP contribution in [0.15, 0.2) is 60.7 Å². The van der Waals surface area contributed by atoms with Crippen molar-refractivity contribution in [2.45, 2.75) is 25.4 Å². The highest BCUT2D eigenvalue weighted by molar-refractivity contribution is 6.03. The van der Waals surface area contributed by atoms with Crippen LogP contribution in [0.3, 0.4) is 0 Å². The van der Waals surface area contributed by atoms with Gasteiger partial charge in [0.25, 0.3) is 11.8 Å². The maximum Gasteiger partial charge on any atom is 0.265 e. The predicted octanol–water partition coefficient (Wildman–Crippen LogP) is 4.87. The van der Waals surface area contributed by atoms with Crippen molar-refractivity contribution in [2.24, 2.45) is 0 Å². The number of benzene rings is 3. The van der Waals surface area contributed by atoms with Gasteiger partial charge in [0.15, 0.2) is 0 Å². The van der Waals surface area contributed by atoms with Crippen LogP contribution in [-0.2, 0) is 6.61 Å². The number of fused-ring (bicyclic) bond motifs is 1. The van der Waals surface area contributed by atoms with Crippen molar-refractivity contribution in [1.82, 2.24) is 4.90 Å². The molecule has 0 saturated carbocycles. The number of alkyl halides is 2. The fourth-order valence-corrected chi connectivity index (χ4v) is 3.89. The van der Waals surface area contributed by atoms with Gasteiger partial charge in [-0.15, -0.1) is 0 Å². The average molecular weight is 381 g/mol. The normalized spacial score (nSPS) is 16.3. The van der Waals surface area contributed by atoms with E-state index in [4.69, 9.17) is 0 Å². The van der Waals surface area contributed by atoms with Gasteiger partial charge in [-0.1, -0.05) is 48.5 Å². The Bertz CT molecular complexity index is 1030. The molecule has 0 unspecified atom stereocenters. The molecular formula is C23H21F2NO2. The van der Waals surface area contributed by atoms with Gasteiger partial charge in [0.05, 0.1) is 13.2 Å². The van der Waals surface area contributed by atoms with Crippen molar-refractivity contribution < 1.29 is 18.7 Å². The van der Waals surface area contributed by atoms with Crippen LogP contribution in [0.2, 0.25) is 0 Å². The smallest absolute Gasteiger partial charge is 0.265 e. The number of piperidine rings is 1. The Morgan fingerprint density at radius 1 is 1.04 bits per heavy atom. The molecule has 3 nitrogen and oxygen atoms in total. The molecule has 144 valence electrons. The number of carbonyl (C=O) groups is 1. The topological polar surface area (TPSA) is 40.5 Å². The number of hydrogen-bond donors (Lipinski definition) is 1. The van der Waals surface area contributed by atoms with Gasteiger partial charge in [-0.3, -0.25) is 4.79 Å². The summed E-state index contributed by atoms with van der Waals surface area (Å²) in [5, 5.41) is 11.5. The molecule has 0 radical (unpaired) electrons. The highest BCUT2D eigenvalue weighted by atomic mass is 19.3. The Labute approximate surface area is 162 Å². The molecule has 1 fully saturated rings. The van der Waals surface area contributed by atoms with Gasteiger partial charge in [-0.05, 0) is 46.0 Å². The lowest BCUT2D eigenvalue weighted by atomic mass is 9.94. The van der Waals surface area contributed by atoms with Crippen molar-refractivity contribution in [2.75, 3.05) is 13.1 Å². The third-order valence-electron chi connectivity index (χ3n) is 5.29. The third-order valence-corrected chi connectivity index (χ3v) is 5.29. The van der Waals surface area contributed by atoms with Crippen molar-refractivity contribution in [1.29, 1.82) is 0 Å². The lowest BCUT2D eigenvalue weighted by molar-refractivity contribution is -0.0560. The summed E-state index contributed by atoms with van der Waals surface area (Å²) in [6.07, 6.45) is 0.149. The molecule has 0 aromatic heterocycles. The van der Waals surface area contributed by atoms with Crippen molar-refractivity contribution in [3.05, 3.63) is 71.8 Å². The summed E-state index contributed by atoms with van der Waals surface area (Å²) in [5.41, 5.74) is 3.14. The van der Waals surface area contributed by atoms with Gasteiger partial charge in [0.2, 0.25) is 0 Å². The molecule has 0 spiro atoms. The second kappa shape index (κ2) is 7.32. The van der Waals surface area contributed by atoms with E-state index >= 15 is 0 Å². The SMILES string of the molecule is O=C(c1ccc2c(-c3ccccc3CO)cccc2c1)N1CCCC(F)(F)C1. The Morgan fingerprint density at radius 3 is 2.61 bits per heavy atom. The first-order valence-electron chi connectivity index (χ1n) is 9.37. The van der Waals surface area contributed by atoms with Crippen LogP contribution >= 0.6 is 0 Å². The highest BCUT2D eigenvalue weighted by Gasteiger charge is 2.37. The predicted molar refractivity (Wildman–Crippen MR) is 105 cm³/mol. The first-order valence-corrected chi connectivity index (χ1v) is 9.37. The van der Waals surface area contributed by atoms with E-state index in [0.29, 0.717) is 18.5 Å². The van der Waals surface area contributed by atoms with Gasteiger partial charge < -0.3 is 10.0 Å². The number of likely N-dealkylation sites (tertiary alicyclic amines) is 1. The summed E-state index contributed by atoms with van der Waals surface area (Å²) in [5.74, 6) is -3.17. The van der Waals surface area contributed by atoms with Crippen LogP contribution in [0, 0.1) is 0 Å². The molecule has 3 aromatic rings. The molecule has 1 amide bonds. The van der Waals surface area contributed by atoms with E-state index in [1.807, 2.05) is 48.5 Å². The monoisotopic (exact) mass is 381 g/mol. The zero-order valence-corrected chi connectivity index (χ0v) is 15.4. The molecule has 1 saturated heterocycles. The molecular weight excluding hydrogens is 360 g/mol. The van der Waals surface area contributed by atoms with E-state index in [1.165, 1.54) is 4.90 Å². The fraction of sp³-hybridized carbons (Fsp3) is 0.261. The summed E-state index contributed by atoms with van der Waals surface area (Å²) in [7, 11) is 0. The minimum Gasteiger partial charge on any atom is -0.392 e. The maximum atomic E-state index is 13.7. The van der Waals surface area contributed by atoms with E-state index in [0.717, 1.165) is 27.5 Å². The summed E-state index contributed by atoms with van der Waals surface area (Å²) >= 11 is 0. The molecule has 1 heterocycles. The number of rotatable bonds is 3. The van der Waals surface area contributed by atoms with E-state index in [2.05, 4.69) is 0 Å².